The molecule has 122 valence electrons. The lowest BCUT2D eigenvalue weighted by atomic mass is 10.0. The predicted octanol–water partition coefficient (Wildman–Crippen LogP) is 2.45. The smallest absolute Gasteiger partial charge is 0.408 e. The molecule has 21 heavy (non-hydrogen) atoms. The van der Waals surface area contributed by atoms with Crippen molar-refractivity contribution in [3.63, 3.8) is 0 Å². The van der Waals surface area contributed by atoms with Gasteiger partial charge in [0.1, 0.15) is 17.5 Å². The molecule has 0 bridgehead atoms. The number of hydrogen-bond donors (Lipinski definition) is 3. The Morgan fingerprint density at radius 3 is 2.14 bits per heavy atom. The fourth-order valence-electron chi connectivity index (χ4n) is 2.28. The second kappa shape index (κ2) is 7.93. The van der Waals surface area contributed by atoms with Crippen LogP contribution in [0.1, 0.15) is 11.6 Å². The molecule has 0 aliphatic carbocycles. The quantitative estimate of drug-likeness (QED) is 0.768. The van der Waals surface area contributed by atoms with Gasteiger partial charge in [-0.05, 0) is 12.1 Å². The van der Waals surface area contributed by atoms with Gasteiger partial charge in [0.2, 0.25) is 0 Å². The van der Waals surface area contributed by atoms with E-state index in [1.54, 1.807) is 0 Å². The molecule has 1 aromatic rings. The van der Waals surface area contributed by atoms with Crippen molar-refractivity contribution in [3.05, 3.63) is 23.8 Å². The molecule has 9 heteroatoms. The minimum absolute atomic E-state index is 0. The largest absolute Gasteiger partial charge is 0.508 e. The highest BCUT2D eigenvalue weighted by Crippen LogP contribution is 2.42. The summed E-state index contributed by atoms with van der Waals surface area (Å²) in [6.45, 7) is 1.46. The number of nitrogens with zero attached hydrogens (tertiary/aromatic N) is 1. The van der Waals surface area contributed by atoms with Gasteiger partial charge < -0.3 is 15.5 Å². The minimum atomic E-state index is -4.48. The van der Waals surface area contributed by atoms with Crippen molar-refractivity contribution in [1.29, 1.82) is 0 Å². The van der Waals surface area contributed by atoms with Crippen LogP contribution in [-0.4, -0.2) is 47.5 Å². The number of piperazine rings is 1. The number of alkyl halides is 3. The summed E-state index contributed by atoms with van der Waals surface area (Å²) in [7, 11) is 0. The van der Waals surface area contributed by atoms with E-state index in [9.17, 15) is 18.3 Å². The highest BCUT2D eigenvalue weighted by Gasteiger charge is 2.46. The molecule has 3 N–H and O–H groups in total. The van der Waals surface area contributed by atoms with Gasteiger partial charge in [0.25, 0.3) is 0 Å². The molecular formula is C12H17Cl2F3N2O2. The summed E-state index contributed by atoms with van der Waals surface area (Å²) in [4.78, 5) is 1.28. The zero-order valence-corrected chi connectivity index (χ0v) is 12.6. The number of phenolic OH excluding ortho intramolecular Hbond substituents is 2. The Morgan fingerprint density at radius 2 is 1.67 bits per heavy atom. The molecule has 1 atom stereocenters. The molecule has 0 unspecified atom stereocenters. The number of hydrogen-bond acceptors (Lipinski definition) is 4. The molecule has 0 spiro atoms. The van der Waals surface area contributed by atoms with E-state index in [0.29, 0.717) is 13.1 Å². The van der Waals surface area contributed by atoms with E-state index >= 15 is 0 Å². The van der Waals surface area contributed by atoms with Crippen LogP contribution in [-0.2, 0) is 0 Å². The normalized spacial score (nSPS) is 17.5. The maximum Gasteiger partial charge on any atom is 0.408 e. The zero-order chi connectivity index (χ0) is 14.0. The lowest BCUT2D eigenvalue weighted by Gasteiger charge is -2.36. The van der Waals surface area contributed by atoms with E-state index in [1.807, 2.05) is 0 Å². The summed E-state index contributed by atoms with van der Waals surface area (Å²) >= 11 is 0. The summed E-state index contributed by atoms with van der Waals surface area (Å²) in [6, 6.07) is 1.34. The first-order valence-electron chi connectivity index (χ1n) is 5.93. The zero-order valence-electron chi connectivity index (χ0n) is 10.9. The van der Waals surface area contributed by atoms with E-state index in [0.717, 1.165) is 18.2 Å². The number of rotatable bonds is 2. The summed E-state index contributed by atoms with van der Waals surface area (Å²) < 4.78 is 39.7. The SMILES string of the molecule is Cl.Cl.Oc1ccc([C@H](N2CCNCC2)C(F)(F)F)c(O)c1. The molecule has 0 aromatic heterocycles. The minimum Gasteiger partial charge on any atom is -0.508 e. The average Bonchev–Trinajstić information content (AvgIpc) is 2.32. The Kier molecular flexibility index (Phi) is 7.60. The molecule has 1 aromatic carbocycles. The molecule has 0 amide bonds. The number of phenols is 2. The van der Waals surface area contributed by atoms with Gasteiger partial charge in [-0.15, -0.1) is 24.8 Å². The van der Waals surface area contributed by atoms with E-state index in [2.05, 4.69) is 5.32 Å². The molecule has 0 saturated carbocycles. The number of halogens is 5. The molecule has 1 heterocycles. The van der Waals surface area contributed by atoms with Crippen molar-refractivity contribution < 1.29 is 23.4 Å². The average molecular weight is 349 g/mol. The van der Waals surface area contributed by atoms with Gasteiger partial charge in [0.05, 0.1) is 0 Å². The maximum absolute atomic E-state index is 13.2. The fraction of sp³-hybridized carbons (Fsp3) is 0.500. The van der Waals surface area contributed by atoms with Crippen LogP contribution in [0.4, 0.5) is 13.2 Å². The third kappa shape index (κ3) is 4.81. The first-order chi connectivity index (χ1) is 8.89. The van der Waals surface area contributed by atoms with Gasteiger partial charge in [-0.3, -0.25) is 4.90 Å². The molecule has 0 radical (unpaired) electrons. The van der Waals surface area contributed by atoms with Gasteiger partial charge in [-0.2, -0.15) is 13.2 Å². The molecule has 1 aliphatic rings. The van der Waals surface area contributed by atoms with Gasteiger partial charge in [-0.1, -0.05) is 0 Å². The van der Waals surface area contributed by atoms with Crippen LogP contribution >= 0.6 is 24.8 Å². The van der Waals surface area contributed by atoms with E-state index in [1.165, 1.54) is 4.90 Å². The number of benzene rings is 1. The third-order valence-electron chi connectivity index (χ3n) is 3.14. The number of aromatic hydroxyl groups is 2. The lowest BCUT2D eigenvalue weighted by Crippen LogP contribution is -2.49. The van der Waals surface area contributed by atoms with Crippen LogP contribution in [0.2, 0.25) is 0 Å². The third-order valence-corrected chi connectivity index (χ3v) is 3.14. The van der Waals surface area contributed by atoms with Crippen LogP contribution < -0.4 is 5.32 Å². The van der Waals surface area contributed by atoms with Gasteiger partial charge in [0, 0.05) is 37.8 Å². The summed E-state index contributed by atoms with van der Waals surface area (Å²) in [5, 5.41) is 21.8. The Balaban J connectivity index is 0.00000200. The first-order valence-corrected chi connectivity index (χ1v) is 5.93. The summed E-state index contributed by atoms with van der Waals surface area (Å²) in [5.41, 5.74) is -0.229. The highest BCUT2D eigenvalue weighted by atomic mass is 35.5. The molecular weight excluding hydrogens is 332 g/mol. The Hall–Kier alpha value is -0.890. The number of nitrogens with one attached hydrogen (secondary N) is 1. The maximum atomic E-state index is 13.2. The molecule has 1 fully saturated rings. The van der Waals surface area contributed by atoms with Gasteiger partial charge in [-0.25, -0.2) is 0 Å². The summed E-state index contributed by atoms with van der Waals surface area (Å²) in [5.74, 6) is -0.802. The van der Waals surface area contributed by atoms with Crippen molar-refractivity contribution in [2.75, 3.05) is 26.2 Å². The fourth-order valence-corrected chi connectivity index (χ4v) is 2.28. The van der Waals surface area contributed by atoms with Crippen LogP contribution in [0.5, 0.6) is 11.5 Å². The summed E-state index contributed by atoms with van der Waals surface area (Å²) in [6.07, 6.45) is -4.48. The van der Waals surface area contributed by atoms with E-state index < -0.39 is 18.0 Å². The second-order valence-electron chi connectivity index (χ2n) is 4.47. The van der Waals surface area contributed by atoms with Gasteiger partial charge >= 0.3 is 6.18 Å². The van der Waals surface area contributed by atoms with Crippen molar-refractivity contribution in [1.82, 2.24) is 10.2 Å². The predicted molar refractivity (Wildman–Crippen MR) is 77.5 cm³/mol. The van der Waals surface area contributed by atoms with Gasteiger partial charge in [0.15, 0.2) is 0 Å². The van der Waals surface area contributed by atoms with E-state index in [-0.39, 0.29) is 49.2 Å². The molecule has 2 rings (SSSR count). The first kappa shape index (κ1) is 20.1. The van der Waals surface area contributed by atoms with Crippen LogP contribution in [0.15, 0.2) is 18.2 Å². The van der Waals surface area contributed by atoms with Crippen LogP contribution in [0, 0.1) is 0 Å². The lowest BCUT2D eigenvalue weighted by molar-refractivity contribution is -0.188. The monoisotopic (exact) mass is 348 g/mol. The topological polar surface area (TPSA) is 55.7 Å². The Morgan fingerprint density at radius 1 is 1.10 bits per heavy atom. The van der Waals surface area contributed by atoms with Crippen molar-refractivity contribution in [2.45, 2.75) is 12.2 Å². The van der Waals surface area contributed by atoms with Crippen LogP contribution in [0.3, 0.4) is 0 Å². The van der Waals surface area contributed by atoms with Crippen LogP contribution in [0.25, 0.3) is 0 Å². The second-order valence-corrected chi connectivity index (χ2v) is 4.47. The van der Waals surface area contributed by atoms with E-state index in [4.69, 9.17) is 5.11 Å². The highest BCUT2D eigenvalue weighted by molar-refractivity contribution is 5.85. The van der Waals surface area contributed by atoms with Crippen molar-refractivity contribution >= 4 is 24.8 Å². The van der Waals surface area contributed by atoms with Crippen molar-refractivity contribution in [3.8, 4) is 11.5 Å². The molecule has 1 aliphatic heterocycles. The van der Waals surface area contributed by atoms with Crippen molar-refractivity contribution in [2.24, 2.45) is 0 Å². The standard InChI is InChI=1S/C12H15F3N2O2.2ClH/c13-12(14,15)11(17-5-3-16-4-6-17)9-2-1-8(18)7-10(9)19;;/h1-2,7,11,16,18-19H,3-6H2;2*1H/t11-;;/m0../s1. The molecule has 4 nitrogen and oxygen atoms in total. The molecule has 1 saturated heterocycles. The Bertz CT molecular complexity index is 455. The Labute approximate surface area is 132 Å².